The molecule has 0 heterocycles. The number of nitrogens with zero attached hydrogens (tertiary/aromatic N) is 1. The van der Waals surface area contributed by atoms with Crippen LogP contribution < -0.4 is 10.6 Å². The molecular weight excluding hydrogens is 263 g/mol. The van der Waals surface area contributed by atoms with Gasteiger partial charge in [-0.25, -0.2) is 4.39 Å². The van der Waals surface area contributed by atoms with Gasteiger partial charge in [0.2, 0.25) is 0 Å². The fourth-order valence-corrected chi connectivity index (χ4v) is 2.48. The molecule has 2 nitrogen and oxygen atoms in total. The Morgan fingerprint density at radius 2 is 1.86 bits per heavy atom. The number of nitrogens with two attached hydrogens (primary N) is 1. The highest BCUT2D eigenvalue weighted by atomic mass is 19.1. The summed E-state index contributed by atoms with van der Waals surface area (Å²) in [6, 6.07) is 14.8. The second-order valence-corrected chi connectivity index (χ2v) is 5.42. The summed E-state index contributed by atoms with van der Waals surface area (Å²) < 4.78 is 13.3. The normalized spacial score (nSPS) is 12.1. The average molecular weight is 286 g/mol. The van der Waals surface area contributed by atoms with E-state index in [4.69, 9.17) is 5.73 Å². The average Bonchev–Trinajstić information content (AvgIpc) is 2.48. The van der Waals surface area contributed by atoms with Crippen LogP contribution in [0.25, 0.3) is 0 Å². The minimum absolute atomic E-state index is 0.183. The molecule has 2 N–H and O–H groups in total. The predicted octanol–water partition coefficient (Wildman–Crippen LogP) is 4.43. The van der Waals surface area contributed by atoms with Gasteiger partial charge in [-0.15, -0.1) is 0 Å². The molecule has 21 heavy (non-hydrogen) atoms. The lowest BCUT2D eigenvalue weighted by Crippen LogP contribution is -2.25. The van der Waals surface area contributed by atoms with Crippen molar-refractivity contribution in [2.24, 2.45) is 0 Å². The van der Waals surface area contributed by atoms with Gasteiger partial charge < -0.3 is 10.6 Å². The molecule has 0 bridgehead atoms. The summed E-state index contributed by atoms with van der Waals surface area (Å²) >= 11 is 0. The Balaban J connectivity index is 1.98. The van der Waals surface area contributed by atoms with Crippen molar-refractivity contribution in [2.75, 3.05) is 23.7 Å². The maximum absolute atomic E-state index is 13.3. The van der Waals surface area contributed by atoms with Crippen LogP contribution in [0.3, 0.4) is 0 Å². The third kappa shape index (κ3) is 4.22. The minimum Gasteiger partial charge on any atom is -0.399 e. The summed E-state index contributed by atoms with van der Waals surface area (Å²) in [6.45, 7) is 6.09. The SMILES string of the molecule is CCN(CCC(C)c1ccc(N)cc1)c1cccc(F)c1. The second kappa shape index (κ2) is 7.11. The zero-order chi connectivity index (χ0) is 15.2. The molecule has 1 atom stereocenters. The highest BCUT2D eigenvalue weighted by Crippen LogP contribution is 2.22. The lowest BCUT2D eigenvalue weighted by atomic mass is 9.97. The van der Waals surface area contributed by atoms with Crippen LogP contribution in [0.15, 0.2) is 48.5 Å². The molecule has 0 amide bonds. The highest BCUT2D eigenvalue weighted by molar-refractivity contribution is 5.46. The molecule has 0 radical (unpaired) electrons. The Hall–Kier alpha value is -2.03. The molecule has 0 fully saturated rings. The molecule has 0 aliphatic heterocycles. The number of rotatable bonds is 6. The van der Waals surface area contributed by atoms with Crippen molar-refractivity contribution < 1.29 is 4.39 Å². The largest absolute Gasteiger partial charge is 0.399 e. The molecule has 2 aromatic rings. The molecule has 0 saturated heterocycles. The van der Waals surface area contributed by atoms with Crippen LogP contribution in [-0.4, -0.2) is 13.1 Å². The first-order valence-corrected chi connectivity index (χ1v) is 7.46. The van der Waals surface area contributed by atoms with Crippen LogP contribution >= 0.6 is 0 Å². The lowest BCUT2D eigenvalue weighted by molar-refractivity contribution is 0.623. The Bertz CT molecular complexity index is 566. The van der Waals surface area contributed by atoms with E-state index in [1.807, 2.05) is 18.2 Å². The van der Waals surface area contributed by atoms with Crippen molar-refractivity contribution in [1.82, 2.24) is 0 Å². The van der Waals surface area contributed by atoms with Gasteiger partial charge in [0.25, 0.3) is 0 Å². The first-order chi connectivity index (χ1) is 10.1. The van der Waals surface area contributed by atoms with E-state index >= 15 is 0 Å². The van der Waals surface area contributed by atoms with Gasteiger partial charge in [-0.1, -0.05) is 25.1 Å². The summed E-state index contributed by atoms with van der Waals surface area (Å²) in [5.74, 6) is 0.269. The van der Waals surface area contributed by atoms with Crippen LogP contribution in [0, 0.1) is 5.82 Å². The van der Waals surface area contributed by atoms with E-state index in [1.165, 1.54) is 11.6 Å². The summed E-state index contributed by atoms with van der Waals surface area (Å²) in [4.78, 5) is 2.21. The summed E-state index contributed by atoms with van der Waals surface area (Å²) in [5.41, 5.74) is 8.75. The molecule has 0 aromatic heterocycles. The molecule has 0 aliphatic carbocycles. The molecule has 2 aromatic carbocycles. The van der Waals surface area contributed by atoms with Gasteiger partial charge in [-0.2, -0.15) is 0 Å². The Labute approximate surface area is 126 Å². The topological polar surface area (TPSA) is 29.3 Å². The van der Waals surface area contributed by atoms with Gasteiger partial charge in [-0.3, -0.25) is 0 Å². The number of nitrogen functional groups attached to an aromatic ring is 1. The molecule has 1 unspecified atom stereocenters. The molecular formula is C18H23FN2. The molecule has 0 saturated carbocycles. The Morgan fingerprint density at radius 1 is 1.14 bits per heavy atom. The first kappa shape index (κ1) is 15.4. The monoisotopic (exact) mass is 286 g/mol. The molecule has 2 rings (SSSR count). The molecule has 3 heteroatoms. The van der Waals surface area contributed by atoms with Crippen molar-refractivity contribution in [1.29, 1.82) is 0 Å². The van der Waals surface area contributed by atoms with Gasteiger partial charge in [0.15, 0.2) is 0 Å². The summed E-state index contributed by atoms with van der Waals surface area (Å²) in [6.07, 6.45) is 1.02. The zero-order valence-corrected chi connectivity index (χ0v) is 12.7. The van der Waals surface area contributed by atoms with Crippen LogP contribution in [-0.2, 0) is 0 Å². The molecule has 112 valence electrons. The van der Waals surface area contributed by atoms with Crippen LogP contribution in [0.4, 0.5) is 15.8 Å². The van der Waals surface area contributed by atoms with Gasteiger partial charge in [-0.05, 0) is 55.2 Å². The van der Waals surface area contributed by atoms with Crippen LogP contribution in [0.1, 0.15) is 31.7 Å². The van der Waals surface area contributed by atoms with Gasteiger partial charge >= 0.3 is 0 Å². The van der Waals surface area contributed by atoms with Crippen molar-refractivity contribution in [3.8, 4) is 0 Å². The number of benzene rings is 2. The fraction of sp³-hybridized carbons (Fsp3) is 0.333. The number of anilines is 2. The van der Waals surface area contributed by atoms with E-state index in [-0.39, 0.29) is 5.82 Å². The van der Waals surface area contributed by atoms with E-state index in [1.54, 1.807) is 12.1 Å². The predicted molar refractivity (Wildman–Crippen MR) is 88.2 cm³/mol. The summed E-state index contributed by atoms with van der Waals surface area (Å²) in [7, 11) is 0. The number of hydrogen-bond donors (Lipinski definition) is 1. The quantitative estimate of drug-likeness (QED) is 0.796. The second-order valence-electron chi connectivity index (χ2n) is 5.42. The van der Waals surface area contributed by atoms with Crippen molar-refractivity contribution >= 4 is 11.4 Å². The Morgan fingerprint density at radius 3 is 2.48 bits per heavy atom. The highest BCUT2D eigenvalue weighted by Gasteiger charge is 2.10. The maximum atomic E-state index is 13.3. The third-order valence-corrected chi connectivity index (χ3v) is 3.89. The van der Waals surface area contributed by atoms with Crippen molar-refractivity contribution in [3.05, 3.63) is 59.9 Å². The van der Waals surface area contributed by atoms with E-state index in [0.29, 0.717) is 5.92 Å². The standard InChI is InChI=1S/C18H23FN2/c1-3-21(18-6-4-5-16(19)13-18)12-11-14(2)15-7-9-17(20)10-8-15/h4-10,13-14H,3,11-12,20H2,1-2H3. The maximum Gasteiger partial charge on any atom is 0.125 e. The van der Waals surface area contributed by atoms with E-state index in [2.05, 4.69) is 30.9 Å². The molecule has 0 spiro atoms. The lowest BCUT2D eigenvalue weighted by Gasteiger charge is -2.25. The van der Waals surface area contributed by atoms with Crippen molar-refractivity contribution in [3.63, 3.8) is 0 Å². The van der Waals surface area contributed by atoms with Gasteiger partial charge in [0, 0.05) is 24.5 Å². The molecule has 0 aliphatic rings. The van der Waals surface area contributed by atoms with E-state index in [9.17, 15) is 4.39 Å². The van der Waals surface area contributed by atoms with E-state index < -0.39 is 0 Å². The smallest absolute Gasteiger partial charge is 0.125 e. The first-order valence-electron chi connectivity index (χ1n) is 7.46. The Kier molecular flexibility index (Phi) is 5.20. The van der Waals surface area contributed by atoms with Crippen LogP contribution in [0.2, 0.25) is 0 Å². The fourth-order valence-electron chi connectivity index (χ4n) is 2.48. The third-order valence-electron chi connectivity index (χ3n) is 3.89. The number of hydrogen-bond acceptors (Lipinski definition) is 2. The summed E-state index contributed by atoms with van der Waals surface area (Å²) in [5, 5.41) is 0. The zero-order valence-electron chi connectivity index (χ0n) is 12.7. The minimum atomic E-state index is -0.183. The van der Waals surface area contributed by atoms with Crippen LogP contribution in [0.5, 0.6) is 0 Å². The van der Waals surface area contributed by atoms with Crippen molar-refractivity contribution in [2.45, 2.75) is 26.2 Å². The van der Waals surface area contributed by atoms with Gasteiger partial charge in [0.05, 0.1) is 0 Å². The van der Waals surface area contributed by atoms with Gasteiger partial charge in [0.1, 0.15) is 5.82 Å². The number of halogens is 1. The van der Waals surface area contributed by atoms with E-state index in [0.717, 1.165) is 30.9 Å².